The van der Waals surface area contributed by atoms with Crippen molar-refractivity contribution in [1.82, 2.24) is 15.2 Å². The van der Waals surface area contributed by atoms with Crippen LogP contribution in [-0.4, -0.2) is 15.2 Å². The second kappa shape index (κ2) is 11.8. The maximum atomic E-state index is 13.4. The van der Waals surface area contributed by atoms with Gasteiger partial charge in [0.2, 0.25) is 0 Å². The third-order valence-corrected chi connectivity index (χ3v) is 4.36. The van der Waals surface area contributed by atoms with Crippen LogP contribution in [-0.2, 0) is 6.42 Å². The maximum absolute atomic E-state index is 13.4. The van der Waals surface area contributed by atoms with Gasteiger partial charge in [-0.3, -0.25) is 4.98 Å². The average molecular weight is 425 g/mol. The second-order valence-electron chi connectivity index (χ2n) is 5.83. The van der Waals surface area contributed by atoms with Gasteiger partial charge < -0.3 is 5.32 Å². The van der Waals surface area contributed by atoms with E-state index in [9.17, 15) is 4.39 Å². The topological polar surface area (TPSA) is 50.7 Å². The van der Waals surface area contributed by atoms with Crippen molar-refractivity contribution in [2.75, 3.05) is 5.32 Å². The molecular weight excluding hydrogens is 399 g/mol. The van der Waals surface area contributed by atoms with Gasteiger partial charge in [0.05, 0.1) is 10.7 Å². The lowest BCUT2D eigenvalue weighted by molar-refractivity contribution is 0.628. The molecule has 0 amide bonds. The summed E-state index contributed by atoms with van der Waals surface area (Å²) in [6.07, 6.45) is 4.19. The van der Waals surface area contributed by atoms with E-state index in [1.165, 1.54) is 12.1 Å². The van der Waals surface area contributed by atoms with E-state index in [-0.39, 0.29) is 5.02 Å². The van der Waals surface area contributed by atoms with Crippen LogP contribution < -0.4 is 5.32 Å². The zero-order chi connectivity index (χ0) is 21.9. The highest BCUT2D eigenvalue weighted by atomic mass is 35.5. The van der Waals surface area contributed by atoms with Crippen LogP contribution in [0.25, 0.3) is 10.8 Å². The summed E-state index contributed by atoms with van der Waals surface area (Å²) in [5.74, 6) is 0.141. The molecule has 30 heavy (non-hydrogen) atoms. The fourth-order valence-corrected chi connectivity index (χ4v) is 2.97. The van der Waals surface area contributed by atoms with E-state index >= 15 is 0 Å². The average Bonchev–Trinajstić information content (AvgIpc) is 2.81. The molecule has 0 atom stereocenters. The van der Waals surface area contributed by atoms with Gasteiger partial charge in [0.1, 0.15) is 5.82 Å². The van der Waals surface area contributed by atoms with E-state index in [1.807, 2.05) is 64.1 Å². The van der Waals surface area contributed by atoms with E-state index in [4.69, 9.17) is 11.6 Å². The molecule has 6 heteroatoms. The molecule has 2 aromatic heterocycles. The maximum Gasteiger partial charge on any atom is 0.160 e. The first-order chi connectivity index (χ1) is 14.7. The van der Waals surface area contributed by atoms with Crippen LogP contribution in [0.5, 0.6) is 0 Å². The molecule has 0 aliphatic carbocycles. The summed E-state index contributed by atoms with van der Waals surface area (Å²) in [7, 11) is 0. The number of aromatic nitrogens is 3. The first-order valence-corrected chi connectivity index (χ1v) is 10.4. The minimum atomic E-state index is -0.458. The number of pyridine rings is 1. The number of hydrogen-bond acceptors (Lipinski definition) is 4. The summed E-state index contributed by atoms with van der Waals surface area (Å²) in [6, 6.07) is 16.3. The lowest BCUT2D eigenvalue weighted by Crippen LogP contribution is -2.02. The van der Waals surface area contributed by atoms with Crippen molar-refractivity contribution >= 4 is 33.9 Å². The number of halogens is 2. The molecule has 4 rings (SSSR count). The molecule has 0 unspecified atom stereocenters. The van der Waals surface area contributed by atoms with E-state index in [0.29, 0.717) is 17.9 Å². The molecule has 0 bridgehead atoms. The predicted molar refractivity (Wildman–Crippen MR) is 124 cm³/mol. The van der Waals surface area contributed by atoms with Gasteiger partial charge in [0, 0.05) is 35.3 Å². The van der Waals surface area contributed by atoms with Crippen LogP contribution in [0.15, 0.2) is 67.0 Å². The molecule has 4 nitrogen and oxygen atoms in total. The smallest absolute Gasteiger partial charge is 0.160 e. The Morgan fingerprint density at radius 3 is 2.20 bits per heavy atom. The lowest BCUT2D eigenvalue weighted by atomic mass is 10.0. The van der Waals surface area contributed by atoms with E-state index in [1.54, 1.807) is 18.5 Å². The van der Waals surface area contributed by atoms with Crippen molar-refractivity contribution in [3.63, 3.8) is 0 Å². The van der Waals surface area contributed by atoms with Gasteiger partial charge in [-0.1, -0.05) is 63.6 Å². The number of hydrogen-bond donors (Lipinski definition) is 1. The number of anilines is 2. The normalized spacial score (nSPS) is 9.80. The van der Waals surface area contributed by atoms with E-state index < -0.39 is 5.82 Å². The van der Waals surface area contributed by atoms with Crippen LogP contribution in [0.2, 0.25) is 5.02 Å². The Kier molecular flexibility index (Phi) is 9.16. The molecule has 0 fully saturated rings. The second-order valence-corrected chi connectivity index (χ2v) is 6.23. The monoisotopic (exact) mass is 424 g/mol. The summed E-state index contributed by atoms with van der Waals surface area (Å²) < 4.78 is 13.4. The number of nitrogens with one attached hydrogen (secondary N) is 1. The first kappa shape index (κ1) is 23.2. The summed E-state index contributed by atoms with van der Waals surface area (Å²) in [6.45, 7) is 8.00. The van der Waals surface area contributed by atoms with Gasteiger partial charge in [-0.15, -0.1) is 5.10 Å². The third kappa shape index (κ3) is 5.74. The van der Waals surface area contributed by atoms with Gasteiger partial charge in [-0.05, 0) is 35.9 Å². The molecule has 2 heterocycles. The Balaban J connectivity index is 0.000000757. The summed E-state index contributed by atoms with van der Waals surface area (Å²) in [5.41, 5.74) is 2.65. The number of benzene rings is 2. The molecule has 0 spiro atoms. The van der Waals surface area contributed by atoms with Gasteiger partial charge in [0.15, 0.2) is 5.82 Å². The standard InChI is InChI=1S/C20H14ClFN4.2C2H6/c21-17-12-14(5-6-18(17)22)24-20-16-4-2-1-3-15(16)19(25-26-20)11-13-7-9-23-10-8-13;2*1-2/h1-10,12H,11H2,(H,24,26);2*1-2H3. The summed E-state index contributed by atoms with van der Waals surface area (Å²) in [5, 5.41) is 13.9. The fourth-order valence-electron chi connectivity index (χ4n) is 2.79. The lowest BCUT2D eigenvalue weighted by Gasteiger charge is -2.11. The van der Waals surface area contributed by atoms with Crippen molar-refractivity contribution < 1.29 is 4.39 Å². The van der Waals surface area contributed by atoms with E-state index in [2.05, 4.69) is 20.5 Å². The first-order valence-electron chi connectivity index (χ1n) is 10.1. The minimum absolute atomic E-state index is 0.0570. The van der Waals surface area contributed by atoms with Crippen molar-refractivity contribution in [2.24, 2.45) is 0 Å². The Morgan fingerprint density at radius 1 is 0.867 bits per heavy atom. The van der Waals surface area contributed by atoms with E-state index in [0.717, 1.165) is 22.0 Å². The number of fused-ring (bicyclic) bond motifs is 1. The van der Waals surface area contributed by atoms with Crippen LogP contribution >= 0.6 is 11.6 Å². The molecule has 4 aromatic rings. The number of rotatable bonds is 4. The van der Waals surface area contributed by atoms with Crippen LogP contribution in [0.1, 0.15) is 39.0 Å². The number of nitrogens with zero attached hydrogens (tertiary/aromatic N) is 3. The van der Waals surface area contributed by atoms with Gasteiger partial charge >= 0.3 is 0 Å². The molecule has 0 saturated heterocycles. The highest BCUT2D eigenvalue weighted by molar-refractivity contribution is 6.31. The molecule has 0 saturated carbocycles. The molecule has 0 aliphatic rings. The zero-order valence-corrected chi connectivity index (χ0v) is 18.4. The largest absolute Gasteiger partial charge is 0.338 e. The Labute approximate surface area is 182 Å². The fraction of sp³-hybridized carbons (Fsp3) is 0.208. The predicted octanol–water partition coefficient (Wildman–Crippen LogP) is 7.20. The van der Waals surface area contributed by atoms with Crippen molar-refractivity contribution in [2.45, 2.75) is 34.1 Å². The van der Waals surface area contributed by atoms with Crippen LogP contribution in [0.4, 0.5) is 15.9 Å². The van der Waals surface area contributed by atoms with Gasteiger partial charge in [0.25, 0.3) is 0 Å². The molecule has 2 aromatic carbocycles. The Bertz CT molecular complexity index is 1070. The quantitative estimate of drug-likeness (QED) is 0.376. The molecular formula is C24H26ClFN4. The molecule has 156 valence electrons. The minimum Gasteiger partial charge on any atom is -0.338 e. The Morgan fingerprint density at radius 2 is 1.53 bits per heavy atom. The van der Waals surface area contributed by atoms with Gasteiger partial charge in [-0.25, -0.2) is 4.39 Å². The highest BCUT2D eigenvalue weighted by Crippen LogP contribution is 2.28. The summed E-state index contributed by atoms with van der Waals surface area (Å²) in [4.78, 5) is 4.04. The highest BCUT2D eigenvalue weighted by Gasteiger charge is 2.11. The Hall–Kier alpha value is -3.05. The molecule has 0 radical (unpaired) electrons. The van der Waals surface area contributed by atoms with Crippen molar-refractivity contribution in [3.8, 4) is 0 Å². The van der Waals surface area contributed by atoms with Crippen LogP contribution in [0.3, 0.4) is 0 Å². The van der Waals surface area contributed by atoms with Crippen molar-refractivity contribution in [3.05, 3.63) is 89.1 Å². The van der Waals surface area contributed by atoms with Crippen LogP contribution in [0, 0.1) is 5.82 Å². The zero-order valence-electron chi connectivity index (χ0n) is 17.7. The summed E-state index contributed by atoms with van der Waals surface area (Å²) >= 11 is 5.86. The molecule has 0 aliphatic heterocycles. The molecule has 1 N–H and O–H groups in total. The van der Waals surface area contributed by atoms with Crippen molar-refractivity contribution in [1.29, 1.82) is 0 Å². The SMILES string of the molecule is CC.CC.Fc1ccc(Nc2nnc(Cc3ccncc3)c3ccccc23)cc1Cl. The van der Waals surface area contributed by atoms with Gasteiger partial charge in [-0.2, -0.15) is 5.10 Å². The third-order valence-electron chi connectivity index (χ3n) is 4.07.